The molecule has 23 heavy (non-hydrogen) atoms. The van der Waals surface area contributed by atoms with Gasteiger partial charge in [-0.3, -0.25) is 0 Å². The fourth-order valence-corrected chi connectivity index (χ4v) is 2.48. The first-order chi connectivity index (χ1) is 11.3. The highest BCUT2D eigenvalue weighted by Crippen LogP contribution is 2.20. The Morgan fingerprint density at radius 3 is 2.61 bits per heavy atom. The maximum absolute atomic E-state index is 5.80. The number of nitrogens with zero attached hydrogens (tertiary/aromatic N) is 3. The highest BCUT2D eigenvalue weighted by molar-refractivity contribution is 5.86. The predicted octanol–water partition coefficient (Wildman–Crippen LogP) is 3.41. The van der Waals surface area contributed by atoms with Crippen molar-refractivity contribution in [1.82, 2.24) is 15.0 Å². The second kappa shape index (κ2) is 7.05. The monoisotopic (exact) mass is 307 g/mol. The molecule has 0 atom stereocenters. The second-order valence-electron chi connectivity index (χ2n) is 5.54. The molecule has 1 aromatic carbocycles. The van der Waals surface area contributed by atoms with Crippen molar-refractivity contribution in [1.29, 1.82) is 0 Å². The number of fused-ring (bicyclic) bond motifs is 1. The summed E-state index contributed by atoms with van der Waals surface area (Å²) in [4.78, 5) is 13.3. The number of hydrogen-bond acceptors (Lipinski definition) is 5. The van der Waals surface area contributed by atoms with Crippen LogP contribution in [-0.2, 0) is 6.42 Å². The number of aromatic nitrogens is 3. The molecule has 0 saturated heterocycles. The molecule has 3 N–H and O–H groups in total. The third kappa shape index (κ3) is 3.74. The third-order valence-corrected chi connectivity index (χ3v) is 3.67. The average molecular weight is 307 g/mol. The Bertz CT molecular complexity index is 786. The topological polar surface area (TPSA) is 76.7 Å². The smallest absolute Gasteiger partial charge is 0.222 e. The van der Waals surface area contributed by atoms with E-state index < -0.39 is 0 Å². The van der Waals surface area contributed by atoms with Crippen LogP contribution in [0.5, 0.6) is 0 Å². The number of nitrogen functional groups attached to an aromatic ring is 1. The van der Waals surface area contributed by atoms with Crippen LogP contribution in [0.4, 0.5) is 11.8 Å². The van der Waals surface area contributed by atoms with Gasteiger partial charge >= 0.3 is 0 Å². The van der Waals surface area contributed by atoms with Gasteiger partial charge in [-0.25, -0.2) is 9.97 Å². The Morgan fingerprint density at radius 1 is 1.00 bits per heavy atom. The maximum Gasteiger partial charge on any atom is 0.222 e. The molecular formula is C18H21N5. The molecule has 0 radical (unpaired) electrons. The van der Waals surface area contributed by atoms with E-state index in [1.165, 1.54) is 5.56 Å². The fraction of sp³-hybridized carbons (Fsp3) is 0.278. The number of unbranched alkanes of at least 4 members (excludes halogenated alkanes) is 1. The van der Waals surface area contributed by atoms with Gasteiger partial charge in [0.15, 0.2) is 5.82 Å². The van der Waals surface area contributed by atoms with Gasteiger partial charge in [0.2, 0.25) is 5.95 Å². The van der Waals surface area contributed by atoms with Crippen molar-refractivity contribution in [3.05, 3.63) is 53.7 Å². The van der Waals surface area contributed by atoms with Crippen molar-refractivity contribution in [2.45, 2.75) is 26.2 Å². The van der Waals surface area contributed by atoms with E-state index in [1.54, 1.807) is 0 Å². The first kappa shape index (κ1) is 15.2. The maximum atomic E-state index is 5.80. The van der Waals surface area contributed by atoms with Crippen LogP contribution in [0, 0.1) is 0 Å². The van der Waals surface area contributed by atoms with Crippen LogP contribution >= 0.6 is 0 Å². The van der Waals surface area contributed by atoms with Crippen LogP contribution < -0.4 is 11.1 Å². The first-order valence-corrected chi connectivity index (χ1v) is 7.97. The molecule has 3 rings (SSSR count). The highest BCUT2D eigenvalue weighted by atomic mass is 15.1. The lowest BCUT2D eigenvalue weighted by atomic mass is 10.1. The molecule has 0 aliphatic rings. The van der Waals surface area contributed by atoms with E-state index in [1.807, 2.05) is 30.3 Å². The zero-order valence-electron chi connectivity index (χ0n) is 13.3. The molecule has 0 amide bonds. The molecule has 0 spiro atoms. The van der Waals surface area contributed by atoms with Crippen LogP contribution in [0.2, 0.25) is 0 Å². The molecule has 118 valence electrons. The summed E-state index contributed by atoms with van der Waals surface area (Å²) < 4.78 is 0. The van der Waals surface area contributed by atoms with Gasteiger partial charge in [0.1, 0.15) is 5.52 Å². The van der Waals surface area contributed by atoms with Gasteiger partial charge in [0, 0.05) is 18.7 Å². The minimum atomic E-state index is 0.272. The van der Waals surface area contributed by atoms with Gasteiger partial charge in [-0.2, -0.15) is 4.98 Å². The molecule has 2 heterocycles. The molecule has 0 saturated carbocycles. The van der Waals surface area contributed by atoms with Crippen molar-refractivity contribution in [3.8, 4) is 0 Å². The summed E-state index contributed by atoms with van der Waals surface area (Å²) in [7, 11) is 0. The van der Waals surface area contributed by atoms with Crippen LogP contribution in [0.25, 0.3) is 11.0 Å². The number of anilines is 2. The molecular weight excluding hydrogens is 286 g/mol. The van der Waals surface area contributed by atoms with Gasteiger partial charge in [0.05, 0.1) is 5.52 Å². The van der Waals surface area contributed by atoms with Gasteiger partial charge in [-0.15, -0.1) is 0 Å². The van der Waals surface area contributed by atoms with Gasteiger partial charge in [-0.1, -0.05) is 43.7 Å². The SMILES string of the molecule is CCCCNc1nc(N)nc2ccc(Cc3ccccc3)nc12. The Hall–Kier alpha value is -2.69. The number of pyridine rings is 1. The molecule has 5 nitrogen and oxygen atoms in total. The molecule has 0 bridgehead atoms. The first-order valence-electron chi connectivity index (χ1n) is 7.97. The van der Waals surface area contributed by atoms with E-state index in [2.05, 4.69) is 34.3 Å². The van der Waals surface area contributed by atoms with Crippen molar-refractivity contribution in [2.24, 2.45) is 0 Å². The number of benzene rings is 1. The summed E-state index contributed by atoms with van der Waals surface area (Å²) in [5, 5.41) is 3.33. The molecule has 0 aliphatic heterocycles. The molecule has 0 fully saturated rings. The standard InChI is InChI=1S/C18H21N5/c1-2-3-11-20-17-16-15(22-18(19)23-17)10-9-14(21-16)12-13-7-5-4-6-8-13/h4-10H,2-3,11-12H2,1H3,(H3,19,20,22,23). The molecule has 0 unspecified atom stereocenters. The van der Waals surface area contributed by atoms with Gasteiger partial charge in [0.25, 0.3) is 0 Å². The third-order valence-electron chi connectivity index (χ3n) is 3.67. The fourth-order valence-electron chi connectivity index (χ4n) is 2.48. The van der Waals surface area contributed by atoms with Crippen molar-refractivity contribution in [2.75, 3.05) is 17.6 Å². The summed E-state index contributed by atoms with van der Waals surface area (Å²) in [5.41, 5.74) is 9.58. The lowest BCUT2D eigenvalue weighted by Crippen LogP contribution is -2.08. The Labute approximate surface area is 136 Å². The zero-order chi connectivity index (χ0) is 16.1. The van der Waals surface area contributed by atoms with Crippen molar-refractivity contribution in [3.63, 3.8) is 0 Å². The van der Waals surface area contributed by atoms with Crippen LogP contribution in [0.3, 0.4) is 0 Å². The minimum absolute atomic E-state index is 0.272. The summed E-state index contributed by atoms with van der Waals surface area (Å²) >= 11 is 0. The lowest BCUT2D eigenvalue weighted by molar-refractivity contribution is 0.831. The number of hydrogen-bond donors (Lipinski definition) is 2. The number of rotatable bonds is 6. The summed E-state index contributed by atoms with van der Waals surface area (Å²) in [6, 6.07) is 14.3. The molecule has 0 aliphatic carbocycles. The van der Waals surface area contributed by atoms with E-state index in [-0.39, 0.29) is 5.95 Å². The lowest BCUT2D eigenvalue weighted by Gasteiger charge is -2.10. The zero-order valence-corrected chi connectivity index (χ0v) is 13.3. The van der Waals surface area contributed by atoms with Crippen molar-refractivity contribution >= 4 is 22.8 Å². The highest BCUT2D eigenvalue weighted by Gasteiger charge is 2.09. The van der Waals surface area contributed by atoms with E-state index in [0.29, 0.717) is 0 Å². The minimum Gasteiger partial charge on any atom is -0.368 e. The molecule has 3 aromatic rings. The van der Waals surface area contributed by atoms with Crippen LogP contribution in [-0.4, -0.2) is 21.5 Å². The number of nitrogens with two attached hydrogens (primary N) is 1. The summed E-state index contributed by atoms with van der Waals surface area (Å²) in [5.74, 6) is 0.991. The Morgan fingerprint density at radius 2 is 1.83 bits per heavy atom. The number of nitrogens with one attached hydrogen (secondary N) is 1. The molecule has 5 heteroatoms. The van der Waals surface area contributed by atoms with E-state index >= 15 is 0 Å². The Balaban J connectivity index is 1.93. The summed E-state index contributed by atoms with van der Waals surface area (Å²) in [6.45, 7) is 3.01. The van der Waals surface area contributed by atoms with Gasteiger partial charge < -0.3 is 11.1 Å². The predicted molar refractivity (Wildman–Crippen MR) is 94.4 cm³/mol. The van der Waals surface area contributed by atoms with Gasteiger partial charge in [-0.05, 0) is 24.1 Å². The quantitative estimate of drug-likeness (QED) is 0.682. The van der Waals surface area contributed by atoms with Crippen LogP contribution in [0.15, 0.2) is 42.5 Å². The largest absolute Gasteiger partial charge is 0.368 e. The van der Waals surface area contributed by atoms with Crippen LogP contribution in [0.1, 0.15) is 31.0 Å². The average Bonchev–Trinajstić information content (AvgIpc) is 2.56. The second-order valence-corrected chi connectivity index (χ2v) is 5.54. The Kier molecular flexibility index (Phi) is 4.66. The molecule has 2 aromatic heterocycles. The van der Waals surface area contributed by atoms with E-state index in [0.717, 1.165) is 48.4 Å². The van der Waals surface area contributed by atoms with E-state index in [9.17, 15) is 0 Å². The van der Waals surface area contributed by atoms with E-state index in [4.69, 9.17) is 10.7 Å². The van der Waals surface area contributed by atoms with Crippen molar-refractivity contribution < 1.29 is 0 Å². The summed E-state index contributed by atoms with van der Waals surface area (Å²) in [6.07, 6.45) is 2.99. The normalized spacial score (nSPS) is 10.8.